The molecule has 4 N–H and O–H groups in total. The summed E-state index contributed by atoms with van der Waals surface area (Å²) in [7, 11) is 0. The van der Waals surface area contributed by atoms with Gasteiger partial charge in [-0.3, -0.25) is 9.48 Å². The zero-order chi connectivity index (χ0) is 14.3. The first-order valence-corrected chi connectivity index (χ1v) is 6.84. The number of hydrogen-bond acceptors (Lipinski definition) is 4. The van der Waals surface area contributed by atoms with Gasteiger partial charge in [0.05, 0.1) is 5.69 Å². The van der Waals surface area contributed by atoms with Crippen LogP contribution in [0.3, 0.4) is 0 Å². The monoisotopic (exact) mass is 268 g/mol. The summed E-state index contributed by atoms with van der Waals surface area (Å²) in [6.07, 6.45) is 4.38. The molecule has 0 bridgehead atoms. The second-order valence-corrected chi connectivity index (χ2v) is 4.67. The summed E-state index contributed by atoms with van der Waals surface area (Å²) in [6, 6.07) is 0. The van der Waals surface area contributed by atoms with E-state index in [-0.39, 0.29) is 18.2 Å². The molecule has 1 atom stereocenters. The molecule has 0 radical (unpaired) electrons. The molecule has 0 aliphatic rings. The number of nitrogens with two attached hydrogens (primary N) is 1. The molecular formula is C13H24N4O2. The van der Waals surface area contributed by atoms with Crippen LogP contribution >= 0.6 is 0 Å². The summed E-state index contributed by atoms with van der Waals surface area (Å²) < 4.78 is 1.64. The van der Waals surface area contributed by atoms with Gasteiger partial charge in [-0.2, -0.15) is 5.10 Å². The molecule has 0 fully saturated rings. The van der Waals surface area contributed by atoms with Crippen molar-refractivity contribution in [3.05, 3.63) is 11.9 Å². The Hall–Kier alpha value is -1.56. The van der Waals surface area contributed by atoms with Crippen LogP contribution < -0.4 is 11.1 Å². The Balaban J connectivity index is 2.55. The van der Waals surface area contributed by atoms with E-state index in [1.807, 2.05) is 6.92 Å². The Kier molecular flexibility index (Phi) is 6.35. The smallest absolute Gasteiger partial charge is 0.273 e. The van der Waals surface area contributed by atoms with Crippen molar-refractivity contribution < 1.29 is 9.90 Å². The Morgan fingerprint density at radius 3 is 2.79 bits per heavy atom. The van der Waals surface area contributed by atoms with E-state index in [9.17, 15) is 4.79 Å². The predicted octanol–water partition coefficient (Wildman–Crippen LogP) is 1.01. The van der Waals surface area contributed by atoms with Crippen LogP contribution in [0.1, 0.15) is 43.6 Å². The Morgan fingerprint density at radius 1 is 1.53 bits per heavy atom. The van der Waals surface area contributed by atoms with Crippen molar-refractivity contribution in [1.29, 1.82) is 0 Å². The van der Waals surface area contributed by atoms with Crippen molar-refractivity contribution in [2.24, 2.45) is 5.92 Å². The molecule has 1 aromatic heterocycles. The molecule has 6 nitrogen and oxygen atoms in total. The van der Waals surface area contributed by atoms with Crippen LogP contribution in [-0.4, -0.2) is 33.9 Å². The van der Waals surface area contributed by atoms with Gasteiger partial charge < -0.3 is 16.2 Å². The molecule has 0 aromatic carbocycles. The number of nitrogens with one attached hydrogen (secondary N) is 1. The van der Waals surface area contributed by atoms with Crippen LogP contribution in [0.25, 0.3) is 0 Å². The van der Waals surface area contributed by atoms with Crippen molar-refractivity contribution in [1.82, 2.24) is 15.1 Å². The number of hydrogen-bond donors (Lipinski definition) is 3. The number of carbonyl (C=O) groups is 1. The number of amides is 1. The van der Waals surface area contributed by atoms with Gasteiger partial charge >= 0.3 is 0 Å². The minimum Gasteiger partial charge on any atom is -0.396 e. The number of nitrogen functional groups attached to an aromatic ring is 1. The lowest BCUT2D eigenvalue weighted by molar-refractivity contribution is 0.0938. The van der Waals surface area contributed by atoms with Gasteiger partial charge in [0, 0.05) is 25.9 Å². The number of carbonyl (C=O) groups excluding carboxylic acids is 1. The molecule has 0 saturated heterocycles. The van der Waals surface area contributed by atoms with E-state index < -0.39 is 0 Å². The summed E-state index contributed by atoms with van der Waals surface area (Å²) >= 11 is 0. The zero-order valence-corrected chi connectivity index (χ0v) is 11.7. The van der Waals surface area contributed by atoms with Gasteiger partial charge in [-0.15, -0.1) is 0 Å². The SMILES string of the molecule is CCCC(CCO)CNC(=O)c1nn(CC)cc1N. The maximum atomic E-state index is 12.0. The van der Waals surface area contributed by atoms with E-state index in [0.717, 1.165) is 12.8 Å². The van der Waals surface area contributed by atoms with E-state index >= 15 is 0 Å². The van der Waals surface area contributed by atoms with Gasteiger partial charge in [0.15, 0.2) is 5.69 Å². The lowest BCUT2D eigenvalue weighted by Gasteiger charge is -2.15. The second kappa shape index (κ2) is 7.78. The van der Waals surface area contributed by atoms with E-state index in [2.05, 4.69) is 17.3 Å². The molecule has 0 saturated carbocycles. The van der Waals surface area contributed by atoms with Crippen molar-refractivity contribution in [2.45, 2.75) is 39.7 Å². The van der Waals surface area contributed by atoms with Crippen LogP contribution in [-0.2, 0) is 6.54 Å². The standard InChI is InChI=1S/C13H24N4O2/c1-3-5-10(6-7-18)8-15-13(19)12-11(14)9-17(4-2)16-12/h9-10,18H,3-8,14H2,1-2H3,(H,15,19). The minimum atomic E-state index is -0.247. The van der Waals surface area contributed by atoms with Gasteiger partial charge in [0.25, 0.3) is 5.91 Å². The second-order valence-electron chi connectivity index (χ2n) is 4.67. The predicted molar refractivity (Wildman–Crippen MR) is 74.7 cm³/mol. The first kappa shape index (κ1) is 15.5. The Labute approximate surface area is 114 Å². The number of anilines is 1. The quantitative estimate of drug-likeness (QED) is 0.656. The normalized spacial score (nSPS) is 12.4. The zero-order valence-electron chi connectivity index (χ0n) is 11.7. The van der Waals surface area contributed by atoms with Crippen molar-refractivity contribution in [2.75, 3.05) is 18.9 Å². The molecule has 1 amide bonds. The third-order valence-electron chi connectivity index (χ3n) is 3.11. The van der Waals surface area contributed by atoms with E-state index in [1.165, 1.54) is 0 Å². The molecule has 1 aromatic rings. The molecule has 0 aliphatic heterocycles. The average molecular weight is 268 g/mol. The lowest BCUT2D eigenvalue weighted by atomic mass is 10.0. The van der Waals surface area contributed by atoms with Crippen molar-refractivity contribution in [3.8, 4) is 0 Å². The van der Waals surface area contributed by atoms with E-state index in [4.69, 9.17) is 10.8 Å². The summed E-state index contributed by atoms with van der Waals surface area (Å²) in [5, 5.41) is 15.9. The van der Waals surface area contributed by atoms with Crippen LogP contribution in [0.4, 0.5) is 5.69 Å². The molecule has 0 spiro atoms. The average Bonchev–Trinajstić information content (AvgIpc) is 2.77. The van der Waals surface area contributed by atoms with Gasteiger partial charge in [-0.1, -0.05) is 13.3 Å². The van der Waals surface area contributed by atoms with Crippen LogP contribution in [0, 0.1) is 5.92 Å². The molecular weight excluding hydrogens is 244 g/mol. The molecule has 0 aliphatic carbocycles. The number of aliphatic hydroxyl groups excluding tert-OH is 1. The Morgan fingerprint density at radius 2 is 2.26 bits per heavy atom. The fraction of sp³-hybridized carbons (Fsp3) is 0.692. The number of nitrogens with zero attached hydrogens (tertiary/aromatic N) is 2. The van der Waals surface area contributed by atoms with Crippen LogP contribution in [0.15, 0.2) is 6.20 Å². The van der Waals surface area contributed by atoms with Crippen molar-refractivity contribution >= 4 is 11.6 Å². The number of aliphatic hydroxyl groups is 1. The summed E-state index contributed by atoms with van der Waals surface area (Å²) in [5.74, 6) is 0.0529. The van der Waals surface area contributed by atoms with Gasteiger partial charge in [0.2, 0.25) is 0 Å². The number of rotatable bonds is 8. The minimum absolute atomic E-state index is 0.146. The summed E-state index contributed by atoms with van der Waals surface area (Å²) in [5.41, 5.74) is 6.43. The molecule has 19 heavy (non-hydrogen) atoms. The summed E-state index contributed by atoms with van der Waals surface area (Å²) in [6.45, 7) is 5.40. The summed E-state index contributed by atoms with van der Waals surface area (Å²) in [4.78, 5) is 12.0. The highest BCUT2D eigenvalue weighted by atomic mass is 16.3. The molecule has 6 heteroatoms. The highest BCUT2D eigenvalue weighted by Gasteiger charge is 2.16. The van der Waals surface area contributed by atoms with E-state index in [1.54, 1.807) is 10.9 Å². The van der Waals surface area contributed by atoms with Gasteiger partial charge in [-0.25, -0.2) is 0 Å². The third-order valence-corrected chi connectivity index (χ3v) is 3.11. The fourth-order valence-electron chi connectivity index (χ4n) is 2.04. The molecule has 1 rings (SSSR count). The topological polar surface area (TPSA) is 93.2 Å². The third kappa shape index (κ3) is 4.55. The molecule has 1 unspecified atom stereocenters. The maximum absolute atomic E-state index is 12.0. The molecule has 108 valence electrons. The highest BCUT2D eigenvalue weighted by molar-refractivity contribution is 5.96. The fourth-order valence-corrected chi connectivity index (χ4v) is 2.04. The van der Waals surface area contributed by atoms with Gasteiger partial charge in [0.1, 0.15) is 0 Å². The highest BCUT2D eigenvalue weighted by Crippen LogP contribution is 2.12. The molecule has 1 heterocycles. The van der Waals surface area contributed by atoms with Crippen LogP contribution in [0.5, 0.6) is 0 Å². The Bertz CT molecular complexity index is 397. The van der Waals surface area contributed by atoms with Gasteiger partial charge in [-0.05, 0) is 25.7 Å². The lowest BCUT2D eigenvalue weighted by Crippen LogP contribution is -2.30. The first-order valence-electron chi connectivity index (χ1n) is 6.84. The van der Waals surface area contributed by atoms with Crippen LogP contribution in [0.2, 0.25) is 0 Å². The number of aromatic nitrogens is 2. The van der Waals surface area contributed by atoms with Crippen molar-refractivity contribution in [3.63, 3.8) is 0 Å². The number of aryl methyl sites for hydroxylation is 1. The first-order chi connectivity index (χ1) is 9.12. The van der Waals surface area contributed by atoms with E-state index in [0.29, 0.717) is 31.1 Å². The largest absolute Gasteiger partial charge is 0.396 e. The maximum Gasteiger partial charge on any atom is 0.273 e.